The van der Waals surface area contributed by atoms with Crippen LogP contribution < -0.4 is 0 Å². The van der Waals surface area contributed by atoms with Crippen LogP contribution in [-0.2, 0) is 5.41 Å². The van der Waals surface area contributed by atoms with Gasteiger partial charge < -0.3 is 4.57 Å². The van der Waals surface area contributed by atoms with Crippen LogP contribution in [-0.4, -0.2) is 14.5 Å². The fourth-order valence-corrected chi connectivity index (χ4v) is 10.2. The summed E-state index contributed by atoms with van der Waals surface area (Å²) in [6, 6.07) is 58.7. The van der Waals surface area contributed by atoms with Crippen molar-refractivity contribution in [2.24, 2.45) is 0 Å². The molecule has 1 aliphatic carbocycles. The summed E-state index contributed by atoms with van der Waals surface area (Å²) in [5.74, 6) is 0.715. The van der Waals surface area contributed by atoms with E-state index in [0.717, 1.165) is 33.8 Å². The molecule has 3 heterocycles. The zero-order valence-electron chi connectivity index (χ0n) is 29.3. The molecule has 0 aliphatic heterocycles. The highest BCUT2D eigenvalue weighted by Crippen LogP contribution is 2.58. The molecule has 1 aliphatic rings. The Morgan fingerprint density at radius 2 is 1.19 bits per heavy atom. The molecule has 10 aromatic rings. The minimum Gasteiger partial charge on any atom is -0.309 e. The summed E-state index contributed by atoms with van der Waals surface area (Å²) in [5, 5.41) is 5.28. The number of hydrogen-bond donors (Lipinski definition) is 0. The summed E-state index contributed by atoms with van der Waals surface area (Å²) in [5.41, 5.74) is 13.8. The van der Waals surface area contributed by atoms with Gasteiger partial charge in [0, 0.05) is 64.3 Å². The topological polar surface area (TPSA) is 30.7 Å². The Hall–Kier alpha value is -6.36. The SMILES string of the molecule is CC1(C)c2ccccc2-c2c1c1sc3ccccc3c1c1c3ccccc3n(-c3cccc(-c4cc(-c5ccccc5)nc(-c5ccccc5)n4)c3)c21. The van der Waals surface area contributed by atoms with Crippen molar-refractivity contribution < 1.29 is 0 Å². The molecule has 11 rings (SSSR count). The molecule has 53 heavy (non-hydrogen) atoms. The fraction of sp³-hybridized carbons (Fsp3) is 0.0612. The summed E-state index contributed by atoms with van der Waals surface area (Å²) in [7, 11) is 0. The second-order valence-electron chi connectivity index (χ2n) is 14.5. The van der Waals surface area contributed by atoms with E-state index in [1.165, 1.54) is 64.2 Å². The average molecular weight is 696 g/mol. The Balaban J connectivity index is 1.24. The van der Waals surface area contributed by atoms with Crippen molar-refractivity contribution >= 4 is 53.3 Å². The highest BCUT2D eigenvalue weighted by Gasteiger charge is 2.40. The molecule has 0 N–H and O–H groups in total. The first-order valence-corrected chi connectivity index (χ1v) is 19.0. The highest BCUT2D eigenvalue weighted by atomic mass is 32.1. The minimum absolute atomic E-state index is 0.162. The first-order chi connectivity index (χ1) is 26.1. The van der Waals surface area contributed by atoms with Crippen LogP contribution in [0.5, 0.6) is 0 Å². The average Bonchev–Trinajstić information content (AvgIpc) is 3.84. The van der Waals surface area contributed by atoms with E-state index in [0.29, 0.717) is 5.82 Å². The summed E-state index contributed by atoms with van der Waals surface area (Å²) < 4.78 is 5.25. The Bertz CT molecular complexity index is 3020. The van der Waals surface area contributed by atoms with E-state index in [9.17, 15) is 0 Å². The van der Waals surface area contributed by atoms with Gasteiger partial charge in [-0.15, -0.1) is 11.3 Å². The van der Waals surface area contributed by atoms with Gasteiger partial charge in [-0.1, -0.05) is 147 Å². The molecule has 250 valence electrons. The van der Waals surface area contributed by atoms with Gasteiger partial charge in [0.2, 0.25) is 0 Å². The highest BCUT2D eigenvalue weighted by molar-refractivity contribution is 7.26. The molecule has 0 saturated heterocycles. The normalized spacial score (nSPS) is 13.2. The van der Waals surface area contributed by atoms with Gasteiger partial charge in [0.25, 0.3) is 0 Å². The zero-order valence-corrected chi connectivity index (χ0v) is 30.2. The van der Waals surface area contributed by atoms with Crippen molar-refractivity contribution in [3.8, 4) is 50.7 Å². The molecule has 4 heteroatoms. The van der Waals surface area contributed by atoms with E-state index in [1.54, 1.807) is 0 Å². The van der Waals surface area contributed by atoms with Crippen LogP contribution in [0.3, 0.4) is 0 Å². The summed E-state index contributed by atoms with van der Waals surface area (Å²) in [6.45, 7) is 4.81. The van der Waals surface area contributed by atoms with Crippen molar-refractivity contribution in [2.75, 3.05) is 0 Å². The molecule has 0 atom stereocenters. The van der Waals surface area contributed by atoms with Crippen molar-refractivity contribution in [3.63, 3.8) is 0 Å². The lowest BCUT2D eigenvalue weighted by atomic mass is 9.81. The van der Waals surface area contributed by atoms with E-state index >= 15 is 0 Å². The number of benzene rings is 7. The smallest absolute Gasteiger partial charge is 0.160 e. The van der Waals surface area contributed by atoms with Gasteiger partial charge in [-0.3, -0.25) is 0 Å². The van der Waals surface area contributed by atoms with Crippen LogP contribution in [0.15, 0.2) is 164 Å². The summed E-state index contributed by atoms with van der Waals surface area (Å²) in [6.07, 6.45) is 0. The molecule has 0 fully saturated rings. The van der Waals surface area contributed by atoms with Crippen molar-refractivity contribution in [2.45, 2.75) is 19.3 Å². The molecule has 0 bridgehead atoms. The number of aromatic nitrogens is 3. The quantitative estimate of drug-likeness (QED) is 0.183. The third kappa shape index (κ3) is 4.39. The van der Waals surface area contributed by atoms with Gasteiger partial charge in [0.1, 0.15) is 0 Å². The standard InChI is InChI=1S/C49H33N3S/c1-49(2)37-25-12-9-22-34(37)44-45(49)47-43(36-24-11-14-27-41(36)53-47)42-35-23-10-13-26-40(35)52(46(42)44)33-21-15-20-32(28-33)39-29-38(30-16-5-3-6-17-30)50-48(51-39)31-18-7-4-8-19-31/h3-29H,1-2H3. The predicted octanol–water partition coefficient (Wildman–Crippen LogP) is 13.2. The molecule has 3 nitrogen and oxygen atoms in total. The maximum Gasteiger partial charge on any atom is 0.160 e. The number of para-hydroxylation sites is 1. The largest absolute Gasteiger partial charge is 0.309 e. The number of fused-ring (bicyclic) bond motifs is 12. The zero-order chi connectivity index (χ0) is 35.3. The second-order valence-corrected chi connectivity index (χ2v) is 15.6. The first kappa shape index (κ1) is 30.3. The Morgan fingerprint density at radius 1 is 0.547 bits per heavy atom. The molecule has 0 radical (unpaired) electrons. The summed E-state index contributed by atoms with van der Waals surface area (Å²) >= 11 is 1.94. The molecular formula is C49H33N3S. The Morgan fingerprint density at radius 3 is 2.00 bits per heavy atom. The van der Waals surface area contributed by atoms with Gasteiger partial charge in [-0.05, 0) is 47.0 Å². The lowest BCUT2D eigenvalue weighted by Gasteiger charge is -2.22. The molecular weight excluding hydrogens is 663 g/mol. The van der Waals surface area contributed by atoms with E-state index < -0.39 is 0 Å². The molecule has 0 amide bonds. The van der Waals surface area contributed by atoms with E-state index in [2.05, 4.69) is 158 Å². The molecule has 7 aromatic carbocycles. The maximum absolute atomic E-state index is 5.20. The van der Waals surface area contributed by atoms with Crippen molar-refractivity contribution in [3.05, 3.63) is 175 Å². The van der Waals surface area contributed by atoms with Gasteiger partial charge in [0.05, 0.1) is 22.4 Å². The Labute approximate surface area is 311 Å². The number of nitrogens with zero attached hydrogens (tertiary/aromatic N) is 3. The minimum atomic E-state index is -0.162. The van der Waals surface area contributed by atoms with Crippen molar-refractivity contribution in [1.29, 1.82) is 0 Å². The number of hydrogen-bond acceptors (Lipinski definition) is 3. The fourth-order valence-electron chi connectivity index (χ4n) is 8.81. The first-order valence-electron chi connectivity index (χ1n) is 18.2. The van der Waals surface area contributed by atoms with E-state index in [4.69, 9.17) is 9.97 Å². The van der Waals surface area contributed by atoms with Crippen LogP contribution in [0, 0.1) is 0 Å². The van der Waals surface area contributed by atoms with E-state index in [-0.39, 0.29) is 5.41 Å². The van der Waals surface area contributed by atoms with Gasteiger partial charge in [-0.25, -0.2) is 9.97 Å². The van der Waals surface area contributed by atoms with Crippen LogP contribution in [0.1, 0.15) is 25.0 Å². The monoisotopic (exact) mass is 695 g/mol. The Kier molecular flexibility index (Phi) is 6.47. The van der Waals surface area contributed by atoms with Crippen LogP contribution in [0.2, 0.25) is 0 Å². The molecule has 0 unspecified atom stereocenters. The molecule has 3 aromatic heterocycles. The van der Waals surface area contributed by atoms with Gasteiger partial charge in [-0.2, -0.15) is 0 Å². The van der Waals surface area contributed by atoms with Crippen LogP contribution in [0.4, 0.5) is 0 Å². The number of thiophene rings is 1. The van der Waals surface area contributed by atoms with E-state index in [1.807, 2.05) is 35.6 Å². The summed E-state index contributed by atoms with van der Waals surface area (Å²) in [4.78, 5) is 10.3. The second kappa shape index (κ2) is 11.3. The lowest BCUT2D eigenvalue weighted by molar-refractivity contribution is 0.667. The van der Waals surface area contributed by atoms with Gasteiger partial charge >= 0.3 is 0 Å². The lowest BCUT2D eigenvalue weighted by Crippen LogP contribution is -2.15. The molecule has 0 saturated carbocycles. The third-order valence-corrected chi connectivity index (χ3v) is 12.3. The van der Waals surface area contributed by atoms with Crippen molar-refractivity contribution in [1.82, 2.24) is 14.5 Å². The third-order valence-electron chi connectivity index (χ3n) is 11.2. The van der Waals surface area contributed by atoms with Crippen LogP contribution >= 0.6 is 11.3 Å². The van der Waals surface area contributed by atoms with Gasteiger partial charge in [0.15, 0.2) is 5.82 Å². The maximum atomic E-state index is 5.20. The molecule has 0 spiro atoms. The number of rotatable bonds is 4. The van der Waals surface area contributed by atoms with Crippen LogP contribution in [0.25, 0.3) is 92.7 Å². The predicted molar refractivity (Wildman–Crippen MR) is 223 cm³/mol.